The molecule has 1 aromatic rings. The Balaban J connectivity index is 0.00000162. The summed E-state index contributed by atoms with van der Waals surface area (Å²) in [7, 11) is 0. The molecule has 4 heteroatoms. The summed E-state index contributed by atoms with van der Waals surface area (Å²) in [5, 5.41) is 0. The second kappa shape index (κ2) is 7.13. The first kappa shape index (κ1) is 14.7. The molecule has 4 nitrogen and oxygen atoms in total. The van der Waals surface area contributed by atoms with E-state index in [2.05, 4.69) is 4.90 Å². The Morgan fingerprint density at radius 3 is 2.39 bits per heavy atom. The van der Waals surface area contributed by atoms with Crippen LogP contribution in [-0.2, 0) is 4.74 Å². The van der Waals surface area contributed by atoms with E-state index in [0.29, 0.717) is 6.42 Å². The summed E-state index contributed by atoms with van der Waals surface area (Å²) in [5.74, 6) is 0.237. The first-order valence-electron chi connectivity index (χ1n) is 6.27. The lowest BCUT2D eigenvalue weighted by Gasteiger charge is -2.28. The molecule has 1 aromatic carbocycles. The molecule has 1 aliphatic heterocycles. The van der Waals surface area contributed by atoms with Crippen LogP contribution in [0, 0.1) is 0 Å². The van der Waals surface area contributed by atoms with E-state index >= 15 is 0 Å². The number of hydrogen-bond donors (Lipinski definition) is 1. The highest BCUT2D eigenvalue weighted by Gasteiger charge is 2.11. The summed E-state index contributed by atoms with van der Waals surface area (Å²) >= 11 is 0. The maximum Gasteiger partial charge on any atom is 0.162 e. The Morgan fingerprint density at radius 1 is 1.22 bits per heavy atom. The fraction of sp³-hybridized carbons (Fsp3) is 0.500. The van der Waals surface area contributed by atoms with E-state index in [-0.39, 0.29) is 11.9 Å². The highest BCUT2D eigenvalue weighted by molar-refractivity contribution is 5.96. The molecule has 1 heterocycles. The number of rotatable bonds is 4. The Kier molecular flexibility index (Phi) is 5.82. The van der Waals surface area contributed by atoms with Gasteiger partial charge in [-0.2, -0.15) is 0 Å². The Morgan fingerprint density at radius 2 is 1.83 bits per heavy atom. The van der Waals surface area contributed by atoms with Gasteiger partial charge in [0.15, 0.2) is 5.78 Å². The lowest BCUT2D eigenvalue weighted by atomic mass is 10.1. The SMILES string of the molecule is CCCC(=O)c1ccc(N2CCOCC2)cc1.N. The van der Waals surface area contributed by atoms with Gasteiger partial charge in [-0.05, 0) is 30.7 Å². The molecule has 2 rings (SSSR count). The standard InChI is InChI=1S/C14H19NO2.H3N/c1-2-3-14(16)12-4-6-13(7-5-12)15-8-10-17-11-9-15;/h4-7H,2-3,8-11H2,1H3;1H3. The van der Waals surface area contributed by atoms with Gasteiger partial charge in [0.25, 0.3) is 0 Å². The van der Waals surface area contributed by atoms with Crippen molar-refractivity contribution in [3.63, 3.8) is 0 Å². The zero-order chi connectivity index (χ0) is 12.1. The lowest BCUT2D eigenvalue weighted by Crippen LogP contribution is -2.36. The molecule has 100 valence electrons. The zero-order valence-electron chi connectivity index (χ0n) is 11.0. The van der Waals surface area contributed by atoms with Crippen LogP contribution in [0.5, 0.6) is 0 Å². The van der Waals surface area contributed by atoms with Crippen LogP contribution in [0.4, 0.5) is 5.69 Å². The van der Waals surface area contributed by atoms with Crippen molar-refractivity contribution in [1.82, 2.24) is 6.15 Å². The maximum atomic E-state index is 11.7. The van der Waals surface area contributed by atoms with E-state index in [1.54, 1.807) is 0 Å². The van der Waals surface area contributed by atoms with Crippen LogP contribution in [0.25, 0.3) is 0 Å². The van der Waals surface area contributed by atoms with Gasteiger partial charge >= 0.3 is 0 Å². The molecule has 1 aliphatic rings. The average molecular weight is 250 g/mol. The van der Waals surface area contributed by atoms with Crippen molar-refractivity contribution in [2.24, 2.45) is 0 Å². The molecule has 0 saturated carbocycles. The summed E-state index contributed by atoms with van der Waals surface area (Å²) in [6.45, 7) is 5.47. The molecule has 0 aromatic heterocycles. The molecule has 18 heavy (non-hydrogen) atoms. The van der Waals surface area contributed by atoms with Gasteiger partial charge < -0.3 is 15.8 Å². The lowest BCUT2D eigenvalue weighted by molar-refractivity contribution is 0.0981. The van der Waals surface area contributed by atoms with Crippen molar-refractivity contribution in [3.8, 4) is 0 Å². The number of hydrogen-bond acceptors (Lipinski definition) is 4. The molecular formula is C14H22N2O2. The van der Waals surface area contributed by atoms with Gasteiger partial charge in [-0.15, -0.1) is 0 Å². The Labute approximate surface area is 109 Å². The second-order valence-electron chi connectivity index (χ2n) is 4.32. The molecule has 1 fully saturated rings. The molecule has 0 spiro atoms. The van der Waals surface area contributed by atoms with E-state index in [1.807, 2.05) is 31.2 Å². The third kappa shape index (κ3) is 3.55. The number of carbonyl (C=O) groups excluding carboxylic acids is 1. The van der Waals surface area contributed by atoms with Gasteiger partial charge in [0.05, 0.1) is 13.2 Å². The predicted octanol–water partition coefficient (Wildman–Crippen LogP) is 2.67. The fourth-order valence-electron chi connectivity index (χ4n) is 2.05. The van der Waals surface area contributed by atoms with Gasteiger partial charge in [-0.1, -0.05) is 6.92 Å². The van der Waals surface area contributed by atoms with Crippen molar-refractivity contribution in [3.05, 3.63) is 29.8 Å². The van der Waals surface area contributed by atoms with Crippen LogP contribution < -0.4 is 11.1 Å². The number of ether oxygens (including phenoxy) is 1. The van der Waals surface area contributed by atoms with Crippen molar-refractivity contribution < 1.29 is 9.53 Å². The van der Waals surface area contributed by atoms with Gasteiger partial charge in [-0.25, -0.2) is 0 Å². The van der Waals surface area contributed by atoms with E-state index in [1.165, 1.54) is 5.69 Å². The third-order valence-corrected chi connectivity index (χ3v) is 3.04. The highest BCUT2D eigenvalue weighted by atomic mass is 16.5. The van der Waals surface area contributed by atoms with E-state index in [4.69, 9.17) is 4.74 Å². The van der Waals surface area contributed by atoms with Crippen LogP contribution in [0.2, 0.25) is 0 Å². The smallest absolute Gasteiger partial charge is 0.162 e. The zero-order valence-corrected chi connectivity index (χ0v) is 11.0. The first-order valence-corrected chi connectivity index (χ1v) is 6.27. The summed E-state index contributed by atoms with van der Waals surface area (Å²) in [6.07, 6.45) is 1.54. The largest absolute Gasteiger partial charge is 0.378 e. The summed E-state index contributed by atoms with van der Waals surface area (Å²) in [4.78, 5) is 14.0. The molecule has 3 N–H and O–H groups in total. The van der Waals surface area contributed by atoms with E-state index in [0.717, 1.165) is 38.3 Å². The van der Waals surface area contributed by atoms with Gasteiger partial charge in [0.2, 0.25) is 0 Å². The van der Waals surface area contributed by atoms with Crippen molar-refractivity contribution in [1.29, 1.82) is 0 Å². The van der Waals surface area contributed by atoms with Crippen LogP contribution >= 0.6 is 0 Å². The number of ketones is 1. The normalized spacial score (nSPS) is 15.1. The summed E-state index contributed by atoms with van der Waals surface area (Å²) in [5.41, 5.74) is 2.00. The van der Waals surface area contributed by atoms with E-state index in [9.17, 15) is 4.79 Å². The quantitative estimate of drug-likeness (QED) is 0.834. The molecule has 0 unspecified atom stereocenters. The number of carbonyl (C=O) groups is 1. The van der Waals surface area contributed by atoms with Gasteiger partial charge in [0.1, 0.15) is 0 Å². The summed E-state index contributed by atoms with van der Waals surface area (Å²) in [6, 6.07) is 7.94. The van der Waals surface area contributed by atoms with Crippen molar-refractivity contribution >= 4 is 11.5 Å². The number of benzene rings is 1. The molecular weight excluding hydrogens is 228 g/mol. The topological polar surface area (TPSA) is 64.5 Å². The predicted molar refractivity (Wildman–Crippen MR) is 73.7 cm³/mol. The molecule has 0 aliphatic carbocycles. The minimum absolute atomic E-state index is 0. The average Bonchev–Trinajstić information content (AvgIpc) is 2.40. The van der Waals surface area contributed by atoms with Crippen LogP contribution in [0.15, 0.2) is 24.3 Å². The monoisotopic (exact) mass is 250 g/mol. The molecule has 0 radical (unpaired) electrons. The van der Waals surface area contributed by atoms with Crippen molar-refractivity contribution in [2.75, 3.05) is 31.2 Å². The number of nitrogens with zero attached hydrogens (tertiary/aromatic N) is 1. The molecule has 0 atom stereocenters. The fourth-order valence-corrected chi connectivity index (χ4v) is 2.05. The molecule has 0 bridgehead atoms. The number of Topliss-reactive ketones (excluding diaryl/α,β-unsaturated/α-hetero) is 1. The number of anilines is 1. The van der Waals surface area contributed by atoms with Crippen LogP contribution in [-0.4, -0.2) is 32.1 Å². The van der Waals surface area contributed by atoms with Crippen molar-refractivity contribution in [2.45, 2.75) is 19.8 Å². The van der Waals surface area contributed by atoms with Crippen LogP contribution in [0.3, 0.4) is 0 Å². The Hall–Kier alpha value is -1.39. The minimum Gasteiger partial charge on any atom is -0.378 e. The summed E-state index contributed by atoms with van der Waals surface area (Å²) < 4.78 is 5.32. The maximum absolute atomic E-state index is 11.7. The third-order valence-electron chi connectivity index (χ3n) is 3.04. The highest BCUT2D eigenvalue weighted by Crippen LogP contribution is 2.17. The van der Waals surface area contributed by atoms with Gasteiger partial charge in [-0.3, -0.25) is 4.79 Å². The van der Waals surface area contributed by atoms with Gasteiger partial charge in [0, 0.05) is 30.8 Å². The Bertz CT molecular complexity index is 370. The first-order chi connectivity index (χ1) is 8.31. The number of morpholine rings is 1. The molecule has 1 saturated heterocycles. The van der Waals surface area contributed by atoms with Crippen LogP contribution in [0.1, 0.15) is 30.1 Å². The van der Waals surface area contributed by atoms with E-state index < -0.39 is 0 Å². The second-order valence-corrected chi connectivity index (χ2v) is 4.32. The minimum atomic E-state index is 0. The molecule has 0 amide bonds.